The first-order chi connectivity index (χ1) is 14.4. The van der Waals surface area contributed by atoms with Crippen LogP contribution in [0.3, 0.4) is 0 Å². The first-order valence-corrected chi connectivity index (χ1v) is 10.5. The fourth-order valence-electron chi connectivity index (χ4n) is 4.05. The lowest BCUT2D eigenvalue weighted by molar-refractivity contribution is 0.0974. The zero-order chi connectivity index (χ0) is 21.3. The average molecular weight is 420 g/mol. The van der Waals surface area contributed by atoms with Crippen LogP contribution in [0.1, 0.15) is 35.3 Å². The minimum Gasteiger partial charge on any atom is -0.378 e. The quantitative estimate of drug-likeness (QED) is 0.563. The fraction of sp³-hybridized carbons (Fsp3) is 0.240. The van der Waals surface area contributed by atoms with Crippen LogP contribution in [-0.2, 0) is 0 Å². The van der Waals surface area contributed by atoms with Crippen molar-refractivity contribution in [2.24, 2.45) is 0 Å². The monoisotopic (exact) mass is 419 g/mol. The molecule has 5 heteroatoms. The predicted molar refractivity (Wildman–Crippen MR) is 126 cm³/mol. The molecule has 1 amide bonds. The van der Waals surface area contributed by atoms with Gasteiger partial charge in [-0.25, -0.2) is 0 Å². The number of fused-ring (bicyclic) bond motifs is 1. The summed E-state index contributed by atoms with van der Waals surface area (Å²) in [5, 5.41) is 4.33. The number of benzene rings is 3. The number of nitrogens with zero attached hydrogens (tertiary/aromatic N) is 2. The molecule has 0 bridgehead atoms. The van der Waals surface area contributed by atoms with Gasteiger partial charge in [-0.2, -0.15) is 0 Å². The molecule has 0 fully saturated rings. The lowest BCUT2D eigenvalue weighted by Gasteiger charge is -2.40. The van der Waals surface area contributed by atoms with Crippen LogP contribution >= 0.6 is 11.6 Å². The minimum atomic E-state index is 0.0326. The van der Waals surface area contributed by atoms with Crippen LogP contribution in [0.4, 0.5) is 17.1 Å². The molecule has 0 aliphatic carbocycles. The molecule has 0 spiro atoms. The summed E-state index contributed by atoms with van der Waals surface area (Å²) < 4.78 is 0. The van der Waals surface area contributed by atoms with Crippen molar-refractivity contribution in [2.45, 2.75) is 25.4 Å². The molecule has 154 valence electrons. The highest BCUT2D eigenvalue weighted by Gasteiger charge is 2.34. The number of carbonyl (C=O) groups is 1. The van der Waals surface area contributed by atoms with Crippen molar-refractivity contribution in [3.05, 3.63) is 88.9 Å². The third kappa shape index (κ3) is 4.01. The second-order valence-corrected chi connectivity index (χ2v) is 8.40. The van der Waals surface area contributed by atoms with Crippen molar-refractivity contribution in [3.63, 3.8) is 0 Å². The smallest absolute Gasteiger partial charge is 0.258 e. The molecule has 4 rings (SSSR count). The summed E-state index contributed by atoms with van der Waals surface area (Å²) in [7, 11) is 3.99. The van der Waals surface area contributed by atoms with Gasteiger partial charge in [0.25, 0.3) is 5.91 Å². The minimum absolute atomic E-state index is 0.0326. The Morgan fingerprint density at radius 2 is 1.67 bits per heavy atom. The van der Waals surface area contributed by atoms with Crippen LogP contribution in [-0.4, -0.2) is 26.0 Å². The van der Waals surface area contributed by atoms with Crippen molar-refractivity contribution in [3.8, 4) is 0 Å². The molecular formula is C25H26ClN3O. The topological polar surface area (TPSA) is 35.6 Å². The van der Waals surface area contributed by atoms with Crippen molar-refractivity contribution < 1.29 is 4.79 Å². The fourth-order valence-corrected chi connectivity index (χ4v) is 4.17. The standard InChI is InChI=1S/C25H26ClN3O/c1-17-16-23(27-20-12-10-19(26)11-13-20)22-6-4-5-7-24(22)29(17)25(30)18-8-14-21(15-9-18)28(2)3/h4-15,17,23,27H,16H2,1-3H3. The molecule has 30 heavy (non-hydrogen) atoms. The van der Waals surface area contributed by atoms with Crippen molar-refractivity contribution >= 4 is 34.6 Å². The van der Waals surface area contributed by atoms with E-state index in [1.165, 1.54) is 0 Å². The van der Waals surface area contributed by atoms with Crippen LogP contribution < -0.4 is 15.1 Å². The molecule has 0 saturated heterocycles. The van der Waals surface area contributed by atoms with E-state index in [0.717, 1.165) is 34.1 Å². The molecule has 1 aliphatic heterocycles. The molecule has 1 N–H and O–H groups in total. The molecule has 0 aromatic heterocycles. The third-order valence-corrected chi connectivity index (χ3v) is 5.88. The number of carbonyl (C=O) groups excluding carboxylic acids is 1. The lowest BCUT2D eigenvalue weighted by atomic mass is 9.90. The second kappa shape index (κ2) is 8.41. The Morgan fingerprint density at radius 1 is 1.00 bits per heavy atom. The van der Waals surface area contributed by atoms with E-state index in [1.807, 2.05) is 90.6 Å². The van der Waals surface area contributed by atoms with Crippen molar-refractivity contribution in [1.29, 1.82) is 0 Å². The zero-order valence-electron chi connectivity index (χ0n) is 17.5. The summed E-state index contributed by atoms with van der Waals surface area (Å²) in [5.74, 6) is 0.0326. The van der Waals surface area contributed by atoms with E-state index >= 15 is 0 Å². The van der Waals surface area contributed by atoms with Gasteiger partial charge in [-0.1, -0.05) is 29.8 Å². The molecule has 2 atom stereocenters. The van der Waals surface area contributed by atoms with Gasteiger partial charge in [-0.3, -0.25) is 4.79 Å². The van der Waals surface area contributed by atoms with Gasteiger partial charge in [0.15, 0.2) is 0 Å². The van der Waals surface area contributed by atoms with Gasteiger partial charge in [0.2, 0.25) is 0 Å². The molecule has 3 aromatic rings. The van der Waals surface area contributed by atoms with Gasteiger partial charge in [0.05, 0.1) is 6.04 Å². The maximum Gasteiger partial charge on any atom is 0.258 e. The molecular weight excluding hydrogens is 394 g/mol. The summed E-state index contributed by atoms with van der Waals surface area (Å²) in [5.41, 5.74) is 4.89. The molecule has 3 aromatic carbocycles. The number of nitrogens with one attached hydrogen (secondary N) is 1. The first kappa shape index (κ1) is 20.3. The SMILES string of the molecule is CC1CC(Nc2ccc(Cl)cc2)c2ccccc2N1C(=O)c1ccc(N(C)C)cc1. The Bertz CT molecular complexity index is 1030. The summed E-state index contributed by atoms with van der Waals surface area (Å²) in [4.78, 5) is 17.4. The number of hydrogen-bond donors (Lipinski definition) is 1. The van der Waals surface area contributed by atoms with Crippen molar-refractivity contribution in [2.75, 3.05) is 29.2 Å². The second-order valence-electron chi connectivity index (χ2n) is 7.96. The van der Waals surface area contributed by atoms with Crippen molar-refractivity contribution in [1.82, 2.24) is 0 Å². The lowest BCUT2D eigenvalue weighted by Crippen LogP contribution is -2.44. The van der Waals surface area contributed by atoms with E-state index in [4.69, 9.17) is 11.6 Å². The summed E-state index contributed by atoms with van der Waals surface area (Å²) in [6, 6.07) is 23.9. The first-order valence-electron chi connectivity index (χ1n) is 10.2. The molecule has 1 aliphatic rings. The number of rotatable bonds is 4. The van der Waals surface area contributed by atoms with E-state index in [-0.39, 0.29) is 18.0 Å². The number of hydrogen-bond acceptors (Lipinski definition) is 3. The molecule has 0 radical (unpaired) electrons. The highest BCUT2D eigenvalue weighted by molar-refractivity contribution is 6.30. The Labute approximate surface area is 183 Å². The van der Waals surface area contributed by atoms with E-state index < -0.39 is 0 Å². The van der Waals surface area contributed by atoms with Crippen LogP contribution in [0.5, 0.6) is 0 Å². The average Bonchev–Trinajstić information content (AvgIpc) is 2.75. The highest BCUT2D eigenvalue weighted by Crippen LogP contribution is 2.39. The van der Waals surface area contributed by atoms with E-state index in [2.05, 4.69) is 18.3 Å². The normalized spacial score (nSPS) is 17.9. The zero-order valence-corrected chi connectivity index (χ0v) is 18.2. The van der Waals surface area contributed by atoms with Gasteiger partial charge >= 0.3 is 0 Å². The van der Waals surface area contributed by atoms with Gasteiger partial charge in [-0.05, 0) is 73.5 Å². The van der Waals surface area contributed by atoms with E-state index in [0.29, 0.717) is 5.56 Å². The van der Waals surface area contributed by atoms with Crippen LogP contribution in [0, 0.1) is 0 Å². The summed E-state index contributed by atoms with van der Waals surface area (Å²) >= 11 is 6.02. The Kier molecular flexibility index (Phi) is 5.69. The number of para-hydroxylation sites is 1. The summed E-state index contributed by atoms with van der Waals surface area (Å²) in [6.07, 6.45) is 0.821. The highest BCUT2D eigenvalue weighted by atomic mass is 35.5. The maximum absolute atomic E-state index is 13.4. The maximum atomic E-state index is 13.4. The van der Waals surface area contributed by atoms with Crippen LogP contribution in [0.15, 0.2) is 72.8 Å². The van der Waals surface area contributed by atoms with E-state index in [1.54, 1.807) is 0 Å². The number of amides is 1. The molecule has 2 unspecified atom stereocenters. The molecule has 1 heterocycles. The molecule has 0 saturated carbocycles. The number of anilines is 3. The summed E-state index contributed by atoms with van der Waals surface area (Å²) in [6.45, 7) is 2.11. The predicted octanol–water partition coefficient (Wildman–Crippen LogP) is 6.00. The van der Waals surface area contributed by atoms with Gasteiger partial charge in [0, 0.05) is 47.8 Å². The Hall–Kier alpha value is -2.98. The number of halogens is 1. The van der Waals surface area contributed by atoms with Gasteiger partial charge < -0.3 is 15.1 Å². The van der Waals surface area contributed by atoms with Gasteiger partial charge in [0.1, 0.15) is 0 Å². The van der Waals surface area contributed by atoms with Gasteiger partial charge in [-0.15, -0.1) is 0 Å². The Balaban J connectivity index is 1.64. The van der Waals surface area contributed by atoms with Crippen LogP contribution in [0.25, 0.3) is 0 Å². The van der Waals surface area contributed by atoms with Crippen LogP contribution in [0.2, 0.25) is 5.02 Å². The Morgan fingerprint density at radius 3 is 2.33 bits per heavy atom. The van der Waals surface area contributed by atoms with E-state index in [9.17, 15) is 4.79 Å². The largest absolute Gasteiger partial charge is 0.378 e. The molecule has 4 nitrogen and oxygen atoms in total. The third-order valence-electron chi connectivity index (χ3n) is 5.62.